The monoisotopic (exact) mass is 1030 g/mol. The van der Waals surface area contributed by atoms with Gasteiger partial charge in [0.1, 0.15) is 13.2 Å². The molecule has 1 unspecified atom stereocenters. The van der Waals surface area contributed by atoms with Crippen molar-refractivity contribution in [2.45, 2.75) is 341 Å². The molecule has 0 heterocycles. The van der Waals surface area contributed by atoms with Gasteiger partial charge in [-0.3, -0.25) is 14.4 Å². The van der Waals surface area contributed by atoms with Crippen LogP contribution in [0.4, 0.5) is 0 Å². The highest BCUT2D eigenvalue weighted by molar-refractivity contribution is 5.71. The maximum absolute atomic E-state index is 12.9. The van der Waals surface area contributed by atoms with Gasteiger partial charge in [0.15, 0.2) is 6.10 Å². The van der Waals surface area contributed by atoms with E-state index in [4.69, 9.17) is 14.2 Å². The van der Waals surface area contributed by atoms with Gasteiger partial charge >= 0.3 is 17.9 Å². The fraction of sp³-hybridized carbons (Fsp3) is 0.809. The Hall–Kier alpha value is -2.89. The Kier molecular flexibility index (Phi) is 60.2. The van der Waals surface area contributed by atoms with Gasteiger partial charge in [-0.1, -0.05) is 313 Å². The summed E-state index contributed by atoms with van der Waals surface area (Å²) in [5.41, 5.74) is 0. The number of allylic oxidation sites excluding steroid dienone is 10. The first kappa shape index (κ1) is 71.1. The molecule has 0 aliphatic rings. The van der Waals surface area contributed by atoms with Crippen molar-refractivity contribution in [1.82, 2.24) is 0 Å². The summed E-state index contributed by atoms with van der Waals surface area (Å²) < 4.78 is 16.9. The number of hydrogen-bond acceptors (Lipinski definition) is 6. The van der Waals surface area contributed by atoms with Gasteiger partial charge < -0.3 is 14.2 Å². The molecule has 6 nitrogen and oxygen atoms in total. The van der Waals surface area contributed by atoms with Crippen LogP contribution in [0, 0.1) is 0 Å². The normalized spacial score (nSPS) is 12.4. The summed E-state index contributed by atoms with van der Waals surface area (Å²) in [5, 5.41) is 0. The van der Waals surface area contributed by atoms with Gasteiger partial charge in [-0.05, 0) is 64.2 Å². The standard InChI is InChI=1S/C68H122O6/c1-4-7-10-13-16-19-22-25-26-27-28-29-30-31-32-33-34-35-36-37-38-39-40-41-42-44-46-49-52-55-58-61-67(70)73-64-65(63-72-66(69)60-57-54-51-48-45-24-21-18-15-12-9-6-3)74-68(71)62-59-56-53-50-47-43-23-20-17-14-11-8-5-2/h7,10,16,19,25-26,28-29,31-32,65H,4-6,8-9,11-15,17-18,20-24,27,30,33-64H2,1-3H3/b10-7-,19-16-,26-25-,29-28-,32-31-. The summed E-state index contributed by atoms with van der Waals surface area (Å²) in [4.78, 5) is 38.2. The molecule has 0 fully saturated rings. The molecule has 0 saturated carbocycles. The Morgan fingerprint density at radius 3 is 0.824 bits per heavy atom. The van der Waals surface area contributed by atoms with Crippen molar-refractivity contribution in [3.63, 3.8) is 0 Å². The van der Waals surface area contributed by atoms with E-state index in [-0.39, 0.29) is 31.1 Å². The molecular formula is C68H122O6. The van der Waals surface area contributed by atoms with E-state index in [9.17, 15) is 14.4 Å². The molecule has 0 amide bonds. The quantitative estimate of drug-likeness (QED) is 0.0261. The average Bonchev–Trinajstić information content (AvgIpc) is 3.40. The lowest BCUT2D eigenvalue weighted by Crippen LogP contribution is -2.30. The third-order valence-corrected chi connectivity index (χ3v) is 14.3. The maximum Gasteiger partial charge on any atom is 0.306 e. The van der Waals surface area contributed by atoms with Gasteiger partial charge in [0.2, 0.25) is 0 Å². The van der Waals surface area contributed by atoms with Crippen molar-refractivity contribution in [2.24, 2.45) is 0 Å². The molecule has 0 bridgehead atoms. The lowest BCUT2D eigenvalue weighted by molar-refractivity contribution is -0.167. The molecule has 0 aromatic carbocycles. The molecule has 0 aliphatic heterocycles. The van der Waals surface area contributed by atoms with Crippen LogP contribution in [-0.4, -0.2) is 37.2 Å². The summed E-state index contributed by atoms with van der Waals surface area (Å²) in [5.74, 6) is -0.848. The average molecular weight is 1040 g/mol. The van der Waals surface area contributed by atoms with E-state index in [2.05, 4.69) is 81.5 Å². The van der Waals surface area contributed by atoms with E-state index in [1.54, 1.807) is 0 Å². The zero-order chi connectivity index (χ0) is 53.6. The van der Waals surface area contributed by atoms with Gasteiger partial charge in [0.25, 0.3) is 0 Å². The molecule has 0 aromatic heterocycles. The minimum atomic E-state index is -0.768. The highest BCUT2D eigenvalue weighted by Gasteiger charge is 2.19. The Balaban J connectivity index is 4.12. The number of rotatable bonds is 59. The highest BCUT2D eigenvalue weighted by Crippen LogP contribution is 2.17. The van der Waals surface area contributed by atoms with Gasteiger partial charge in [-0.2, -0.15) is 0 Å². The second kappa shape index (κ2) is 62.6. The van der Waals surface area contributed by atoms with E-state index in [0.717, 1.165) is 89.9 Å². The molecule has 430 valence electrons. The van der Waals surface area contributed by atoms with Gasteiger partial charge in [-0.25, -0.2) is 0 Å². The van der Waals surface area contributed by atoms with Gasteiger partial charge in [0.05, 0.1) is 0 Å². The predicted molar refractivity (Wildman–Crippen MR) is 321 cm³/mol. The smallest absolute Gasteiger partial charge is 0.306 e. The van der Waals surface area contributed by atoms with Gasteiger partial charge in [-0.15, -0.1) is 0 Å². The fourth-order valence-electron chi connectivity index (χ4n) is 9.47. The van der Waals surface area contributed by atoms with E-state index >= 15 is 0 Å². The van der Waals surface area contributed by atoms with Crippen LogP contribution in [0.5, 0.6) is 0 Å². The SMILES string of the molecule is CC/C=C\C/C=C\C/C=C\C/C=C\C/C=C\CCCCCCCCCCCCCCCCCC(=O)OCC(COC(=O)CCCCCCCCCCCCCC)OC(=O)CCCCCCCCCCCCCCC. The van der Waals surface area contributed by atoms with E-state index in [0.29, 0.717) is 19.3 Å². The first-order valence-corrected chi connectivity index (χ1v) is 32.3. The molecule has 0 aliphatic carbocycles. The molecule has 0 aromatic rings. The van der Waals surface area contributed by atoms with Crippen LogP contribution >= 0.6 is 0 Å². The van der Waals surface area contributed by atoms with Crippen LogP contribution in [-0.2, 0) is 28.6 Å². The second-order valence-corrected chi connectivity index (χ2v) is 21.7. The molecule has 0 rings (SSSR count). The maximum atomic E-state index is 12.9. The van der Waals surface area contributed by atoms with Crippen LogP contribution in [0.2, 0.25) is 0 Å². The van der Waals surface area contributed by atoms with Crippen molar-refractivity contribution in [3.05, 3.63) is 60.8 Å². The summed E-state index contributed by atoms with van der Waals surface area (Å²) in [6.45, 7) is 6.56. The molecule has 0 spiro atoms. The lowest BCUT2D eigenvalue weighted by Gasteiger charge is -2.18. The molecule has 0 N–H and O–H groups in total. The summed E-state index contributed by atoms with van der Waals surface area (Å²) in [6, 6.07) is 0. The molecule has 6 heteroatoms. The largest absolute Gasteiger partial charge is 0.462 e. The summed E-state index contributed by atoms with van der Waals surface area (Å²) in [7, 11) is 0. The predicted octanol–water partition coefficient (Wildman–Crippen LogP) is 21.9. The third kappa shape index (κ3) is 60.0. The first-order valence-electron chi connectivity index (χ1n) is 32.3. The van der Waals surface area contributed by atoms with Crippen LogP contribution in [0.15, 0.2) is 60.8 Å². The minimum absolute atomic E-state index is 0.0673. The second-order valence-electron chi connectivity index (χ2n) is 21.7. The van der Waals surface area contributed by atoms with Crippen molar-refractivity contribution in [3.8, 4) is 0 Å². The summed E-state index contributed by atoms with van der Waals surface area (Å²) >= 11 is 0. The first-order chi connectivity index (χ1) is 36.5. The van der Waals surface area contributed by atoms with Crippen molar-refractivity contribution in [2.75, 3.05) is 13.2 Å². The molecule has 1 atom stereocenters. The van der Waals surface area contributed by atoms with Crippen molar-refractivity contribution < 1.29 is 28.6 Å². The number of ether oxygens (including phenoxy) is 3. The topological polar surface area (TPSA) is 78.9 Å². The number of hydrogen-bond donors (Lipinski definition) is 0. The van der Waals surface area contributed by atoms with Crippen LogP contribution in [0.25, 0.3) is 0 Å². The fourth-order valence-corrected chi connectivity index (χ4v) is 9.47. The van der Waals surface area contributed by atoms with Crippen LogP contribution < -0.4 is 0 Å². The van der Waals surface area contributed by atoms with E-state index in [1.807, 2.05) is 0 Å². The number of esters is 3. The van der Waals surface area contributed by atoms with Crippen LogP contribution in [0.1, 0.15) is 335 Å². The Morgan fingerprint density at radius 2 is 0.527 bits per heavy atom. The Morgan fingerprint density at radius 1 is 0.284 bits per heavy atom. The highest BCUT2D eigenvalue weighted by atomic mass is 16.6. The molecule has 0 saturated heterocycles. The van der Waals surface area contributed by atoms with Gasteiger partial charge in [0, 0.05) is 19.3 Å². The molecule has 74 heavy (non-hydrogen) atoms. The number of unbranched alkanes of at least 4 members (excludes halogenated alkanes) is 38. The molecule has 0 radical (unpaired) electrons. The zero-order valence-electron chi connectivity index (χ0n) is 49.4. The number of carbonyl (C=O) groups is 3. The zero-order valence-corrected chi connectivity index (χ0v) is 49.4. The van der Waals surface area contributed by atoms with E-state index in [1.165, 1.54) is 205 Å². The van der Waals surface area contributed by atoms with E-state index < -0.39 is 6.10 Å². The van der Waals surface area contributed by atoms with Crippen molar-refractivity contribution in [1.29, 1.82) is 0 Å². The molecular weight excluding hydrogens is 913 g/mol. The van der Waals surface area contributed by atoms with Crippen molar-refractivity contribution >= 4 is 17.9 Å². The summed E-state index contributed by atoms with van der Waals surface area (Å²) in [6.07, 6.45) is 79.5. The minimum Gasteiger partial charge on any atom is -0.462 e. The Labute approximate surface area is 460 Å². The van der Waals surface area contributed by atoms with Crippen LogP contribution in [0.3, 0.4) is 0 Å². The number of carbonyl (C=O) groups excluding carboxylic acids is 3. The lowest BCUT2D eigenvalue weighted by atomic mass is 10.0. The third-order valence-electron chi connectivity index (χ3n) is 14.3. The Bertz CT molecular complexity index is 1330.